The van der Waals surface area contributed by atoms with E-state index in [1.165, 1.54) is 6.07 Å². The Morgan fingerprint density at radius 1 is 1.14 bits per heavy atom. The number of nitrogens with one attached hydrogen (secondary N) is 1. The zero-order chi connectivity index (χ0) is 15.8. The molecule has 1 heterocycles. The molecule has 0 aliphatic carbocycles. The highest BCUT2D eigenvalue weighted by Crippen LogP contribution is 2.34. The first kappa shape index (κ1) is 17.0. The molecule has 0 atom stereocenters. The number of aryl methyl sites for hydroxylation is 1. The van der Waals surface area contributed by atoms with Crippen LogP contribution in [-0.4, -0.2) is 13.4 Å². The molecule has 4 nitrogen and oxygen atoms in total. The number of anilines is 1. The molecule has 0 spiro atoms. The van der Waals surface area contributed by atoms with E-state index < -0.39 is 10.0 Å². The van der Waals surface area contributed by atoms with E-state index in [4.69, 9.17) is 23.2 Å². The number of aromatic nitrogens is 1. The van der Waals surface area contributed by atoms with Crippen LogP contribution in [0, 0.1) is 6.92 Å². The van der Waals surface area contributed by atoms with Gasteiger partial charge in [0, 0.05) is 15.1 Å². The second-order valence-electron chi connectivity index (χ2n) is 4.15. The van der Waals surface area contributed by atoms with Crippen molar-refractivity contribution >= 4 is 70.8 Å². The Hall–Kier alpha value is -0.340. The van der Waals surface area contributed by atoms with Crippen molar-refractivity contribution < 1.29 is 8.42 Å². The summed E-state index contributed by atoms with van der Waals surface area (Å²) in [4.78, 5) is 3.66. The van der Waals surface area contributed by atoms with Gasteiger partial charge in [0.1, 0.15) is 10.0 Å². The molecule has 0 radical (unpaired) electrons. The molecule has 9 heteroatoms. The van der Waals surface area contributed by atoms with Crippen LogP contribution >= 0.6 is 55.1 Å². The van der Waals surface area contributed by atoms with Gasteiger partial charge in [0.15, 0.2) is 0 Å². The van der Waals surface area contributed by atoms with Crippen LogP contribution in [0.5, 0.6) is 0 Å². The highest BCUT2D eigenvalue weighted by atomic mass is 79.9. The van der Waals surface area contributed by atoms with Gasteiger partial charge in [-0.05, 0) is 62.5 Å². The van der Waals surface area contributed by atoms with E-state index in [9.17, 15) is 8.42 Å². The number of rotatable bonds is 3. The SMILES string of the molecule is Cc1cc(Br)c(NS(=O)(=O)c2cnc(Cl)c(Cl)c2)c(Br)c1. The van der Waals surface area contributed by atoms with Gasteiger partial charge < -0.3 is 0 Å². The van der Waals surface area contributed by atoms with Crippen molar-refractivity contribution in [2.75, 3.05) is 4.72 Å². The monoisotopic (exact) mass is 472 g/mol. The molecule has 0 saturated heterocycles. The summed E-state index contributed by atoms with van der Waals surface area (Å²) in [6.45, 7) is 1.90. The molecule has 0 fully saturated rings. The Kier molecular flexibility index (Phi) is 5.20. The summed E-state index contributed by atoms with van der Waals surface area (Å²) in [6.07, 6.45) is 1.15. The lowest BCUT2D eigenvalue weighted by Gasteiger charge is -2.12. The van der Waals surface area contributed by atoms with E-state index in [0.29, 0.717) is 14.6 Å². The summed E-state index contributed by atoms with van der Waals surface area (Å²) in [5, 5.41) is 0.120. The van der Waals surface area contributed by atoms with Crippen molar-refractivity contribution in [2.24, 2.45) is 0 Å². The van der Waals surface area contributed by atoms with Crippen LogP contribution in [0.1, 0.15) is 5.56 Å². The Morgan fingerprint density at radius 2 is 1.71 bits per heavy atom. The quantitative estimate of drug-likeness (QED) is 0.635. The van der Waals surface area contributed by atoms with Gasteiger partial charge in [0.05, 0.1) is 10.7 Å². The smallest absolute Gasteiger partial charge is 0.263 e. The van der Waals surface area contributed by atoms with Crippen molar-refractivity contribution in [1.82, 2.24) is 4.98 Å². The van der Waals surface area contributed by atoms with Gasteiger partial charge in [-0.3, -0.25) is 4.72 Å². The van der Waals surface area contributed by atoms with Gasteiger partial charge in [-0.1, -0.05) is 23.2 Å². The number of nitrogens with zero attached hydrogens (tertiary/aromatic N) is 1. The number of hydrogen-bond acceptors (Lipinski definition) is 3. The molecular formula is C12H8Br2Cl2N2O2S. The minimum Gasteiger partial charge on any atom is -0.277 e. The normalized spacial score (nSPS) is 11.5. The maximum atomic E-state index is 12.4. The van der Waals surface area contributed by atoms with Crippen molar-refractivity contribution in [3.05, 3.63) is 49.1 Å². The van der Waals surface area contributed by atoms with E-state index in [1.54, 1.807) is 12.1 Å². The molecule has 0 amide bonds. The van der Waals surface area contributed by atoms with Crippen LogP contribution in [0.4, 0.5) is 5.69 Å². The molecule has 0 aliphatic rings. The maximum absolute atomic E-state index is 12.4. The Bertz CT molecular complexity index is 790. The molecule has 1 aromatic heterocycles. The molecule has 0 aliphatic heterocycles. The highest BCUT2D eigenvalue weighted by molar-refractivity contribution is 9.11. The predicted molar refractivity (Wildman–Crippen MR) is 91.6 cm³/mol. The number of benzene rings is 1. The van der Waals surface area contributed by atoms with Crippen molar-refractivity contribution in [2.45, 2.75) is 11.8 Å². The van der Waals surface area contributed by atoms with Crippen LogP contribution in [-0.2, 0) is 10.0 Å². The predicted octanol–water partition coefficient (Wildman–Crippen LogP) is 5.02. The molecule has 0 unspecified atom stereocenters. The third kappa shape index (κ3) is 3.90. The van der Waals surface area contributed by atoms with Crippen LogP contribution in [0.3, 0.4) is 0 Å². The summed E-state index contributed by atoms with van der Waals surface area (Å²) in [5.74, 6) is 0. The van der Waals surface area contributed by atoms with Gasteiger partial charge >= 0.3 is 0 Å². The van der Waals surface area contributed by atoms with Crippen LogP contribution in [0.2, 0.25) is 10.2 Å². The molecule has 0 saturated carbocycles. The first-order chi connectivity index (χ1) is 9.70. The largest absolute Gasteiger partial charge is 0.277 e. The van der Waals surface area contributed by atoms with Gasteiger partial charge in [-0.25, -0.2) is 13.4 Å². The fourth-order valence-corrected chi connectivity index (χ4v) is 4.82. The van der Waals surface area contributed by atoms with Gasteiger partial charge in [0.25, 0.3) is 10.0 Å². The molecule has 2 rings (SSSR count). The van der Waals surface area contributed by atoms with E-state index in [-0.39, 0.29) is 15.1 Å². The number of hydrogen-bond donors (Lipinski definition) is 1. The molecule has 0 bridgehead atoms. The topological polar surface area (TPSA) is 59.1 Å². The summed E-state index contributed by atoms with van der Waals surface area (Å²) < 4.78 is 28.4. The lowest BCUT2D eigenvalue weighted by atomic mass is 10.2. The van der Waals surface area contributed by atoms with E-state index in [1.807, 2.05) is 6.92 Å². The fourth-order valence-electron chi connectivity index (χ4n) is 1.54. The first-order valence-corrected chi connectivity index (χ1v) is 9.33. The van der Waals surface area contributed by atoms with Crippen molar-refractivity contribution in [1.29, 1.82) is 0 Å². The van der Waals surface area contributed by atoms with Crippen molar-refractivity contribution in [3.8, 4) is 0 Å². The van der Waals surface area contributed by atoms with Crippen LogP contribution in [0.15, 0.2) is 38.2 Å². The lowest BCUT2D eigenvalue weighted by Crippen LogP contribution is -2.14. The second kappa shape index (κ2) is 6.42. The minimum atomic E-state index is -3.83. The Labute approximate surface area is 149 Å². The zero-order valence-corrected chi connectivity index (χ0v) is 16.0. The molecule has 1 N–H and O–H groups in total. The third-order valence-corrected chi connectivity index (χ3v) is 5.76. The summed E-state index contributed by atoms with van der Waals surface area (Å²) in [7, 11) is -3.83. The summed E-state index contributed by atoms with van der Waals surface area (Å²) >= 11 is 18.1. The van der Waals surface area contributed by atoms with E-state index >= 15 is 0 Å². The molecular weight excluding hydrogens is 467 g/mol. The lowest BCUT2D eigenvalue weighted by molar-refractivity contribution is 0.601. The standard InChI is InChI=1S/C12H8Br2Cl2N2O2S/c1-6-2-8(13)11(9(14)3-6)18-21(19,20)7-4-10(15)12(16)17-5-7/h2-5,18H,1H3. The molecule has 1 aromatic carbocycles. The number of sulfonamides is 1. The molecule has 21 heavy (non-hydrogen) atoms. The first-order valence-electron chi connectivity index (χ1n) is 5.50. The average molecular weight is 475 g/mol. The van der Waals surface area contributed by atoms with Crippen LogP contribution < -0.4 is 4.72 Å². The second-order valence-corrected chi connectivity index (χ2v) is 8.31. The van der Waals surface area contributed by atoms with Gasteiger partial charge in [0.2, 0.25) is 0 Å². The zero-order valence-electron chi connectivity index (χ0n) is 10.5. The van der Waals surface area contributed by atoms with Gasteiger partial charge in [-0.2, -0.15) is 0 Å². The minimum absolute atomic E-state index is 0.0494. The maximum Gasteiger partial charge on any atom is 0.263 e. The number of halogens is 4. The molecule has 112 valence electrons. The van der Waals surface area contributed by atoms with Crippen molar-refractivity contribution in [3.63, 3.8) is 0 Å². The van der Waals surface area contributed by atoms with E-state index in [0.717, 1.165) is 11.8 Å². The number of pyridine rings is 1. The highest BCUT2D eigenvalue weighted by Gasteiger charge is 2.19. The third-order valence-electron chi connectivity index (χ3n) is 2.50. The van der Waals surface area contributed by atoms with Gasteiger partial charge in [-0.15, -0.1) is 0 Å². The van der Waals surface area contributed by atoms with E-state index in [2.05, 4.69) is 41.6 Å². The van der Waals surface area contributed by atoms with Crippen LogP contribution in [0.25, 0.3) is 0 Å². The fraction of sp³-hybridized carbons (Fsp3) is 0.0833. The summed E-state index contributed by atoms with van der Waals surface area (Å²) in [5.41, 5.74) is 1.37. The Morgan fingerprint density at radius 3 is 2.24 bits per heavy atom. The Balaban J connectivity index is 2.44. The average Bonchev–Trinajstić information content (AvgIpc) is 2.37. The molecule has 2 aromatic rings. The summed E-state index contributed by atoms with van der Waals surface area (Å²) in [6, 6.07) is 4.85.